The first-order valence-corrected chi connectivity index (χ1v) is 15.8. The third-order valence-electron chi connectivity index (χ3n) is 9.45. The number of hydrogen-bond donors (Lipinski definition) is 2. The summed E-state index contributed by atoms with van der Waals surface area (Å²) in [5.41, 5.74) is -0.293. The lowest BCUT2D eigenvalue weighted by atomic mass is 9.70. The highest BCUT2D eigenvalue weighted by molar-refractivity contribution is 5.98. The number of fused-ring (bicyclic) bond motifs is 1. The lowest BCUT2D eigenvalue weighted by molar-refractivity contribution is -0.160. The molecule has 8 atom stereocenters. The van der Waals surface area contributed by atoms with Gasteiger partial charge >= 0.3 is 5.97 Å². The summed E-state index contributed by atoms with van der Waals surface area (Å²) in [6.45, 7) is 13.5. The van der Waals surface area contributed by atoms with Gasteiger partial charge in [0.1, 0.15) is 17.7 Å². The first-order chi connectivity index (χ1) is 21.1. The van der Waals surface area contributed by atoms with E-state index in [4.69, 9.17) is 9.47 Å². The van der Waals surface area contributed by atoms with E-state index in [0.717, 1.165) is 5.56 Å². The maximum Gasteiger partial charge on any atom is 0.312 e. The van der Waals surface area contributed by atoms with Crippen LogP contribution in [0, 0.1) is 17.8 Å². The molecule has 1 aromatic rings. The Hall–Kier alpha value is -3.50. The monoisotopic (exact) mass is 609 g/mol. The van der Waals surface area contributed by atoms with Crippen molar-refractivity contribution in [3.05, 3.63) is 61.2 Å². The van der Waals surface area contributed by atoms with Crippen molar-refractivity contribution in [3.63, 3.8) is 0 Å². The number of carbonyl (C=O) groups excluding carboxylic acids is 4. The van der Waals surface area contributed by atoms with Gasteiger partial charge in [-0.25, -0.2) is 0 Å². The summed E-state index contributed by atoms with van der Waals surface area (Å²) >= 11 is 0. The highest BCUT2D eigenvalue weighted by atomic mass is 16.6. The topological polar surface area (TPSA) is 125 Å². The normalized spacial score (nSPS) is 27.3. The average Bonchev–Trinajstić information content (AvgIpc) is 3.66. The predicted molar refractivity (Wildman–Crippen MR) is 165 cm³/mol. The SMILES string of the molecule is C=CCCC(=O)NC[C@H](C)OC(=O)[C@@H]1[C@@H]2CC[C@]3(O2)[C@H](C(=O)N(CC=C)Cc2ccccc2)N([C@@H](CO)[C@@H](C)CC)C(=O)[C@@H]13. The van der Waals surface area contributed by atoms with Crippen LogP contribution in [0.3, 0.4) is 0 Å². The Kier molecular flexibility index (Phi) is 11.0. The molecule has 3 heterocycles. The molecule has 3 aliphatic heterocycles. The lowest BCUT2D eigenvalue weighted by Gasteiger charge is -2.41. The molecule has 3 saturated heterocycles. The smallest absolute Gasteiger partial charge is 0.312 e. The van der Waals surface area contributed by atoms with Crippen LogP contribution < -0.4 is 5.32 Å². The van der Waals surface area contributed by atoms with Crippen LogP contribution in [0.4, 0.5) is 0 Å². The Labute approximate surface area is 260 Å². The standard InChI is InChI=1S/C34H47N3O7/c1-6-9-15-27(39)35-19-23(5)43-33(42)28-26-16-17-34(44-26)29(28)31(40)37(25(21-38)22(4)8-3)30(34)32(41)36(18-7-2)20-24-13-11-10-12-14-24/h6-7,10-14,22-23,25-26,28-30,38H,1-2,8-9,15-21H2,3-5H3,(H,35,39)/t22-,23-,25-,26-,28+,29+,30-,34+/m0/s1. The van der Waals surface area contributed by atoms with Gasteiger partial charge < -0.3 is 29.7 Å². The quantitative estimate of drug-likeness (QED) is 0.218. The third kappa shape index (κ3) is 6.47. The number of esters is 1. The number of benzene rings is 1. The predicted octanol–water partition coefficient (Wildman–Crippen LogP) is 3.00. The fourth-order valence-electron chi connectivity index (χ4n) is 7.07. The van der Waals surface area contributed by atoms with E-state index in [0.29, 0.717) is 38.6 Å². The molecule has 1 aromatic carbocycles. The number of nitrogens with zero attached hydrogens (tertiary/aromatic N) is 2. The summed E-state index contributed by atoms with van der Waals surface area (Å²) in [6.07, 6.45) is 4.57. The van der Waals surface area contributed by atoms with Crippen molar-refractivity contribution in [2.75, 3.05) is 19.7 Å². The molecule has 0 unspecified atom stereocenters. The first-order valence-electron chi connectivity index (χ1n) is 15.8. The van der Waals surface area contributed by atoms with Crippen LogP contribution in [0.1, 0.15) is 58.4 Å². The van der Waals surface area contributed by atoms with Gasteiger partial charge in [0.05, 0.1) is 37.1 Å². The Balaban J connectivity index is 1.64. The highest BCUT2D eigenvalue weighted by Crippen LogP contribution is 2.59. The maximum absolute atomic E-state index is 14.6. The number of nitrogens with one attached hydrogen (secondary N) is 1. The van der Waals surface area contributed by atoms with E-state index >= 15 is 0 Å². The second kappa shape index (κ2) is 14.5. The minimum Gasteiger partial charge on any atom is -0.460 e. The molecule has 3 fully saturated rings. The van der Waals surface area contributed by atoms with Crippen LogP contribution in [-0.4, -0.2) is 88.2 Å². The number of aliphatic hydroxyl groups is 1. The lowest BCUT2D eigenvalue weighted by Crippen LogP contribution is -2.59. The van der Waals surface area contributed by atoms with E-state index < -0.39 is 47.7 Å². The van der Waals surface area contributed by atoms with Crippen LogP contribution >= 0.6 is 0 Å². The molecular formula is C34H47N3O7. The van der Waals surface area contributed by atoms with Gasteiger partial charge in [-0.1, -0.05) is 62.8 Å². The van der Waals surface area contributed by atoms with Gasteiger partial charge in [-0.3, -0.25) is 19.2 Å². The molecule has 4 rings (SSSR count). The Morgan fingerprint density at radius 1 is 1.23 bits per heavy atom. The van der Waals surface area contributed by atoms with E-state index in [1.807, 2.05) is 44.2 Å². The zero-order valence-electron chi connectivity index (χ0n) is 26.2. The third-order valence-corrected chi connectivity index (χ3v) is 9.45. The molecule has 0 radical (unpaired) electrons. The number of allylic oxidation sites excluding steroid dienone is 1. The zero-order valence-corrected chi connectivity index (χ0v) is 26.2. The number of aliphatic hydroxyl groups excluding tert-OH is 1. The zero-order chi connectivity index (χ0) is 32.0. The average molecular weight is 610 g/mol. The number of hydrogen-bond acceptors (Lipinski definition) is 7. The number of rotatable bonds is 16. The molecule has 1 spiro atoms. The highest BCUT2D eigenvalue weighted by Gasteiger charge is 2.75. The van der Waals surface area contributed by atoms with Crippen LogP contribution in [-0.2, 0) is 35.2 Å². The number of likely N-dealkylation sites (tertiary alicyclic amines) is 1. The molecule has 10 nitrogen and oxygen atoms in total. The number of ether oxygens (including phenoxy) is 2. The summed E-state index contributed by atoms with van der Waals surface area (Å²) in [6, 6.07) is 7.94. The van der Waals surface area contributed by atoms with Crippen LogP contribution in [0.15, 0.2) is 55.6 Å². The molecule has 2 N–H and O–H groups in total. The van der Waals surface area contributed by atoms with Crippen LogP contribution in [0.5, 0.6) is 0 Å². The number of carbonyl (C=O) groups is 4. The van der Waals surface area contributed by atoms with Crippen molar-refractivity contribution in [1.82, 2.24) is 15.1 Å². The van der Waals surface area contributed by atoms with E-state index in [9.17, 15) is 24.3 Å². The Morgan fingerprint density at radius 2 is 1.95 bits per heavy atom. The van der Waals surface area contributed by atoms with E-state index in [-0.39, 0.29) is 43.3 Å². The summed E-state index contributed by atoms with van der Waals surface area (Å²) < 4.78 is 12.3. The molecular weight excluding hydrogens is 562 g/mol. The van der Waals surface area contributed by atoms with Crippen molar-refractivity contribution in [1.29, 1.82) is 0 Å². The molecule has 3 amide bonds. The summed E-state index contributed by atoms with van der Waals surface area (Å²) in [7, 11) is 0. The van der Waals surface area contributed by atoms with E-state index in [1.165, 1.54) is 4.90 Å². The van der Waals surface area contributed by atoms with Gasteiger partial charge in [-0.05, 0) is 37.7 Å². The Morgan fingerprint density at radius 3 is 2.59 bits per heavy atom. The second-order valence-electron chi connectivity index (χ2n) is 12.3. The fraction of sp³-hybridized carbons (Fsp3) is 0.588. The van der Waals surface area contributed by atoms with Crippen molar-refractivity contribution < 1.29 is 33.8 Å². The molecule has 3 aliphatic rings. The van der Waals surface area contributed by atoms with Crippen LogP contribution in [0.2, 0.25) is 0 Å². The van der Waals surface area contributed by atoms with Gasteiger partial charge in [0.15, 0.2) is 0 Å². The van der Waals surface area contributed by atoms with Crippen molar-refractivity contribution in [2.45, 2.75) is 89.3 Å². The molecule has 10 heteroatoms. The van der Waals surface area contributed by atoms with Gasteiger partial charge in [-0.15, -0.1) is 13.2 Å². The molecule has 2 bridgehead atoms. The van der Waals surface area contributed by atoms with E-state index in [1.54, 1.807) is 24.0 Å². The summed E-state index contributed by atoms with van der Waals surface area (Å²) in [5, 5.41) is 13.3. The minimum absolute atomic E-state index is 0.108. The Bertz CT molecular complexity index is 1220. The molecule has 0 saturated carbocycles. The van der Waals surface area contributed by atoms with Gasteiger partial charge in [0.25, 0.3) is 0 Å². The minimum atomic E-state index is -1.22. The molecule has 0 aliphatic carbocycles. The van der Waals surface area contributed by atoms with Gasteiger partial charge in [0, 0.05) is 19.5 Å². The largest absolute Gasteiger partial charge is 0.460 e. The molecule has 44 heavy (non-hydrogen) atoms. The van der Waals surface area contributed by atoms with Crippen LogP contribution in [0.25, 0.3) is 0 Å². The molecule has 240 valence electrons. The van der Waals surface area contributed by atoms with Crippen molar-refractivity contribution in [3.8, 4) is 0 Å². The number of amides is 3. The van der Waals surface area contributed by atoms with E-state index in [2.05, 4.69) is 18.5 Å². The second-order valence-corrected chi connectivity index (χ2v) is 12.3. The molecule has 0 aromatic heterocycles. The maximum atomic E-state index is 14.6. The first kappa shape index (κ1) is 33.4. The summed E-state index contributed by atoms with van der Waals surface area (Å²) in [5.74, 6) is -3.33. The summed E-state index contributed by atoms with van der Waals surface area (Å²) in [4.78, 5) is 57.9. The van der Waals surface area contributed by atoms with Gasteiger partial charge in [-0.2, -0.15) is 0 Å². The van der Waals surface area contributed by atoms with Crippen molar-refractivity contribution in [2.24, 2.45) is 17.8 Å². The fourth-order valence-corrected chi connectivity index (χ4v) is 7.07. The van der Waals surface area contributed by atoms with Crippen molar-refractivity contribution >= 4 is 23.7 Å². The van der Waals surface area contributed by atoms with Gasteiger partial charge in [0.2, 0.25) is 17.7 Å².